The Hall–Kier alpha value is -2.10. The van der Waals surface area contributed by atoms with Crippen molar-refractivity contribution in [1.82, 2.24) is 0 Å². The van der Waals surface area contributed by atoms with E-state index in [4.69, 9.17) is 9.84 Å². The van der Waals surface area contributed by atoms with E-state index in [2.05, 4.69) is 30.8 Å². The first kappa shape index (κ1) is 29.9. The fraction of sp³-hybridized carbons (Fsp3) is 0.667. The maximum atomic E-state index is 12.2. The van der Waals surface area contributed by atoms with Crippen LogP contribution in [-0.2, 0) is 20.7 Å². The van der Waals surface area contributed by atoms with Gasteiger partial charge in [-0.3, -0.25) is 9.59 Å². The Bertz CT molecular complexity index is 640. The van der Waals surface area contributed by atoms with E-state index in [1.54, 1.807) is 0 Å². The first-order valence-electron chi connectivity index (χ1n) is 13.7. The van der Waals surface area contributed by atoms with Crippen LogP contribution >= 0.6 is 0 Å². The number of rotatable bonds is 23. The molecule has 0 heterocycles. The minimum atomic E-state index is -0.896. The number of benzene rings is 1. The molecule has 0 saturated heterocycles. The van der Waals surface area contributed by atoms with Crippen LogP contribution in [-0.4, -0.2) is 23.1 Å². The summed E-state index contributed by atoms with van der Waals surface area (Å²) < 4.78 is 5.51. The van der Waals surface area contributed by atoms with Crippen molar-refractivity contribution in [3.8, 4) is 0 Å². The summed E-state index contributed by atoms with van der Waals surface area (Å²) in [7, 11) is 0. The highest BCUT2D eigenvalue weighted by Gasteiger charge is 2.17. The number of allylic oxidation sites excluding steroid dienone is 1. The lowest BCUT2D eigenvalue weighted by atomic mass is 10.0. The van der Waals surface area contributed by atoms with Gasteiger partial charge in [-0.1, -0.05) is 101 Å². The maximum Gasteiger partial charge on any atom is 0.307 e. The normalized spacial score (nSPS) is 11.8. The van der Waals surface area contributed by atoms with E-state index in [9.17, 15) is 9.59 Å². The minimum Gasteiger partial charge on any atom is -0.481 e. The molecule has 4 heteroatoms. The van der Waals surface area contributed by atoms with Gasteiger partial charge in [0.15, 0.2) is 0 Å². The summed E-state index contributed by atoms with van der Waals surface area (Å²) in [5.74, 6) is -1.14. The average molecular weight is 473 g/mol. The molecule has 0 aliphatic heterocycles. The predicted octanol–water partition coefficient (Wildman–Crippen LogP) is 8.43. The highest BCUT2D eigenvalue weighted by atomic mass is 16.5. The third kappa shape index (κ3) is 18.3. The largest absolute Gasteiger partial charge is 0.481 e. The Balaban J connectivity index is 2.03. The van der Waals surface area contributed by atoms with Crippen LogP contribution in [0.2, 0.25) is 0 Å². The first-order valence-corrected chi connectivity index (χ1v) is 13.7. The van der Waals surface area contributed by atoms with Crippen LogP contribution in [0.4, 0.5) is 0 Å². The SMILES string of the molecule is C=CCCCCCCCCCC[C@@H](CC(=O)O)OC(=O)CCCCCCCCc1ccccc1. The number of unbranched alkanes of at least 4 members (excludes halogenated alkanes) is 13. The highest BCUT2D eigenvalue weighted by Crippen LogP contribution is 2.16. The molecule has 34 heavy (non-hydrogen) atoms. The van der Waals surface area contributed by atoms with Crippen LogP contribution in [0, 0.1) is 0 Å². The number of carbonyl (C=O) groups excluding carboxylic acids is 1. The van der Waals surface area contributed by atoms with E-state index in [-0.39, 0.29) is 12.4 Å². The van der Waals surface area contributed by atoms with Crippen molar-refractivity contribution in [3.05, 3.63) is 48.6 Å². The smallest absolute Gasteiger partial charge is 0.307 e. The topological polar surface area (TPSA) is 63.6 Å². The zero-order valence-corrected chi connectivity index (χ0v) is 21.4. The van der Waals surface area contributed by atoms with E-state index < -0.39 is 12.1 Å². The van der Waals surface area contributed by atoms with Gasteiger partial charge in [0, 0.05) is 6.42 Å². The summed E-state index contributed by atoms with van der Waals surface area (Å²) in [6.45, 7) is 3.75. The number of aryl methyl sites for hydroxylation is 1. The molecule has 4 nitrogen and oxygen atoms in total. The van der Waals surface area contributed by atoms with Crippen LogP contribution in [0.5, 0.6) is 0 Å². The lowest BCUT2D eigenvalue weighted by molar-refractivity contribution is -0.153. The lowest BCUT2D eigenvalue weighted by Gasteiger charge is -2.16. The molecule has 0 aliphatic carbocycles. The van der Waals surface area contributed by atoms with Crippen LogP contribution in [0.15, 0.2) is 43.0 Å². The number of esters is 1. The maximum absolute atomic E-state index is 12.2. The summed E-state index contributed by atoms with van der Waals surface area (Å²) >= 11 is 0. The van der Waals surface area contributed by atoms with Crippen molar-refractivity contribution in [2.45, 2.75) is 128 Å². The minimum absolute atomic E-state index is 0.0868. The van der Waals surface area contributed by atoms with Crippen molar-refractivity contribution >= 4 is 11.9 Å². The third-order valence-electron chi connectivity index (χ3n) is 6.32. The zero-order chi connectivity index (χ0) is 24.7. The lowest BCUT2D eigenvalue weighted by Crippen LogP contribution is -2.21. The van der Waals surface area contributed by atoms with E-state index in [0.29, 0.717) is 12.8 Å². The van der Waals surface area contributed by atoms with Crippen molar-refractivity contribution in [3.63, 3.8) is 0 Å². The summed E-state index contributed by atoms with van der Waals surface area (Å²) in [4.78, 5) is 23.3. The monoisotopic (exact) mass is 472 g/mol. The zero-order valence-electron chi connectivity index (χ0n) is 21.4. The average Bonchev–Trinajstić information content (AvgIpc) is 2.82. The molecule has 0 fully saturated rings. The van der Waals surface area contributed by atoms with E-state index in [1.165, 1.54) is 63.4 Å². The molecule has 0 saturated carbocycles. The second-order valence-electron chi connectivity index (χ2n) is 9.51. The fourth-order valence-corrected chi connectivity index (χ4v) is 4.31. The molecular weight excluding hydrogens is 424 g/mol. The van der Waals surface area contributed by atoms with Crippen molar-refractivity contribution in [2.24, 2.45) is 0 Å². The number of carboxylic acids is 1. The summed E-state index contributed by atoms with van der Waals surface area (Å²) in [5, 5.41) is 9.15. The Morgan fingerprint density at radius 1 is 0.794 bits per heavy atom. The van der Waals surface area contributed by atoms with Crippen LogP contribution in [0.1, 0.15) is 121 Å². The Kier molecular flexibility index (Phi) is 18.9. The van der Waals surface area contributed by atoms with Gasteiger partial charge >= 0.3 is 11.9 Å². The Labute approximate surface area is 208 Å². The predicted molar refractivity (Wildman–Crippen MR) is 141 cm³/mol. The van der Waals surface area contributed by atoms with Gasteiger partial charge < -0.3 is 9.84 Å². The standard InChI is InChI=1S/C30H48O4/c1-2-3-4-5-6-7-8-9-13-19-24-28(26-29(31)32)34-30(33)25-20-14-11-10-12-16-21-27-22-17-15-18-23-27/h2,15,17-18,22-23,28H,1,3-14,16,19-21,24-26H2,(H,31,32)/t28-/m0/s1. The molecule has 0 aliphatic rings. The van der Waals surface area contributed by atoms with Gasteiger partial charge in [-0.05, 0) is 50.5 Å². The number of carbonyl (C=O) groups is 2. The van der Waals surface area contributed by atoms with E-state index >= 15 is 0 Å². The number of hydrogen-bond acceptors (Lipinski definition) is 3. The number of hydrogen-bond donors (Lipinski definition) is 1. The number of aliphatic carboxylic acids is 1. The van der Waals surface area contributed by atoms with Crippen LogP contribution < -0.4 is 0 Å². The van der Waals surface area contributed by atoms with Gasteiger partial charge in [0.1, 0.15) is 6.10 Å². The molecule has 0 spiro atoms. The molecule has 0 bridgehead atoms. The van der Waals surface area contributed by atoms with Gasteiger partial charge in [0.25, 0.3) is 0 Å². The Morgan fingerprint density at radius 3 is 1.97 bits per heavy atom. The van der Waals surface area contributed by atoms with Crippen molar-refractivity contribution in [1.29, 1.82) is 0 Å². The second kappa shape index (κ2) is 21.4. The highest BCUT2D eigenvalue weighted by molar-refractivity contribution is 5.71. The van der Waals surface area contributed by atoms with Crippen LogP contribution in [0.25, 0.3) is 0 Å². The van der Waals surface area contributed by atoms with Gasteiger partial charge in [0.2, 0.25) is 0 Å². The molecule has 1 rings (SSSR count). The van der Waals surface area contributed by atoms with E-state index in [0.717, 1.165) is 44.9 Å². The van der Waals surface area contributed by atoms with Gasteiger partial charge in [-0.15, -0.1) is 6.58 Å². The van der Waals surface area contributed by atoms with Gasteiger partial charge in [-0.25, -0.2) is 0 Å². The second-order valence-corrected chi connectivity index (χ2v) is 9.51. The Morgan fingerprint density at radius 2 is 1.35 bits per heavy atom. The molecule has 192 valence electrons. The van der Waals surface area contributed by atoms with Gasteiger partial charge in [-0.2, -0.15) is 0 Å². The summed E-state index contributed by atoms with van der Waals surface area (Å²) in [6, 6.07) is 10.6. The molecule has 0 unspecified atom stereocenters. The molecule has 1 aromatic carbocycles. The molecule has 0 radical (unpaired) electrons. The molecule has 1 aromatic rings. The van der Waals surface area contributed by atoms with Crippen LogP contribution in [0.3, 0.4) is 0 Å². The molecule has 1 atom stereocenters. The quantitative estimate of drug-likeness (QED) is 0.0986. The van der Waals surface area contributed by atoms with Crippen molar-refractivity contribution < 1.29 is 19.4 Å². The van der Waals surface area contributed by atoms with Crippen molar-refractivity contribution in [2.75, 3.05) is 0 Å². The molecule has 1 N–H and O–H groups in total. The van der Waals surface area contributed by atoms with E-state index in [1.807, 2.05) is 12.1 Å². The summed E-state index contributed by atoms with van der Waals surface area (Å²) in [5.41, 5.74) is 1.40. The van der Waals surface area contributed by atoms with Gasteiger partial charge in [0.05, 0.1) is 6.42 Å². The summed E-state index contributed by atoms with van der Waals surface area (Å²) in [6.07, 6.45) is 20.7. The molecule has 0 aromatic heterocycles. The number of carboxylic acid groups (broad SMARTS) is 1. The first-order chi connectivity index (χ1) is 16.6. The fourth-order valence-electron chi connectivity index (χ4n) is 4.31. The third-order valence-corrected chi connectivity index (χ3v) is 6.32. The number of ether oxygens (including phenoxy) is 1. The molecular formula is C30H48O4. The molecule has 0 amide bonds.